The van der Waals surface area contributed by atoms with Crippen LogP contribution in [0.1, 0.15) is 34.6 Å². The van der Waals surface area contributed by atoms with E-state index in [1.54, 1.807) is 20.8 Å². The molecule has 0 aromatic heterocycles. The number of hydrogen-bond acceptors (Lipinski definition) is 5. The van der Waals surface area contributed by atoms with Crippen molar-refractivity contribution in [2.45, 2.75) is 40.0 Å². The highest BCUT2D eigenvalue weighted by Crippen LogP contribution is 2.65. The van der Waals surface area contributed by atoms with Crippen LogP contribution in [0.15, 0.2) is 0 Å². The fourth-order valence-corrected chi connectivity index (χ4v) is 5.20. The zero-order chi connectivity index (χ0) is 13.3. The molecule has 3 radical (unpaired) electrons. The average molecular weight is 297 g/mol. The standard InChI is InChI=1S/C10H24O5P2.B/c1-6-12-16(13-7-2)10(5)17(11,14-8-3)15-9-4;/h10H,6-9H2,1-5H3;. The third-order valence-corrected chi connectivity index (χ3v) is 7.09. The lowest BCUT2D eigenvalue weighted by atomic mass is 10.8. The average Bonchev–Trinajstić information content (AvgIpc) is 2.28. The van der Waals surface area contributed by atoms with Crippen LogP contribution in [-0.4, -0.2) is 40.2 Å². The zero-order valence-corrected chi connectivity index (χ0v) is 13.7. The highest BCUT2D eigenvalue weighted by atomic mass is 31.2. The van der Waals surface area contributed by atoms with Gasteiger partial charge >= 0.3 is 7.60 Å². The SMILES string of the molecule is CCOP(OCC)C(C)P(=O)(OCC)OCC.[B]. The maximum Gasteiger partial charge on any atom is 0.342 e. The molecule has 107 valence electrons. The molecule has 0 aliphatic carbocycles. The van der Waals surface area contributed by atoms with E-state index in [1.165, 1.54) is 0 Å². The van der Waals surface area contributed by atoms with Crippen molar-refractivity contribution in [2.24, 2.45) is 0 Å². The van der Waals surface area contributed by atoms with Gasteiger partial charge in [-0.15, -0.1) is 0 Å². The first-order valence-corrected chi connectivity index (χ1v) is 8.85. The Bertz CT molecular complexity index is 226. The van der Waals surface area contributed by atoms with Crippen LogP contribution in [0.5, 0.6) is 0 Å². The van der Waals surface area contributed by atoms with Crippen molar-refractivity contribution < 1.29 is 22.7 Å². The van der Waals surface area contributed by atoms with Gasteiger partial charge in [-0.25, -0.2) is 0 Å². The maximum atomic E-state index is 12.5. The molecule has 0 aromatic carbocycles. The molecule has 0 spiro atoms. The molecule has 0 saturated heterocycles. The van der Waals surface area contributed by atoms with Crippen LogP contribution in [0.3, 0.4) is 0 Å². The Morgan fingerprint density at radius 1 is 0.944 bits per heavy atom. The first-order chi connectivity index (χ1) is 8.05. The van der Waals surface area contributed by atoms with Gasteiger partial charge in [0.15, 0.2) is 8.38 Å². The van der Waals surface area contributed by atoms with E-state index in [2.05, 4.69) is 0 Å². The third-order valence-electron chi connectivity index (χ3n) is 1.89. The van der Waals surface area contributed by atoms with Crippen molar-refractivity contribution in [3.05, 3.63) is 0 Å². The van der Waals surface area contributed by atoms with Crippen LogP contribution >= 0.6 is 16.0 Å². The Morgan fingerprint density at radius 2 is 1.33 bits per heavy atom. The Balaban J connectivity index is 0. The summed E-state index contributed by atoms with van der Waals surface area (Å²) in [7, 11) is -4.39. The normalized spacial score (nSPS) is 13.4. The Labute approximate surface area is 114 Å². The minimum atomic E-state index is -3.15. The van der Waals surface area contributed by atoms with Crippen LogP contribution in [0, 0.1) is 0 Å². The molecule has 0 N–H and O–H groups in total. The number of hydrogen-bond donors (Lipinski definition) is 0. The van der Waals surface area contributed by atoms with Crippen LogP contribution in [-0.2, 0) is 22.7 Å². The van der Waals surface area contributed by atoms with E-state index < -0.39 is 16.0 Å². The molecule has 1 unspecified atom stereocenters. The summed E-state index contributed by atoms with van der Waals surface area (Å²) in [5, 5.41) is -0.378. The molecule has 8 heteroatoms. The van der Waals surface area contributed by atoms with Crippen LogP contribution < -0.4 is 0 Å². The first kappa shape index (κ1) is 20.9. The molecule has 0 saturated carbocycles. The van der Waals surface area contributed by atoms with Gasteiger partial charge in [0.2, 0.25) is 0 Å². The quantitative estimate of drug-likeness (QED) is 0.455. The van der Waals surface area contributed by atoms with Gasteiger partial charge in [-0.2, -0.15) is 0 Å². The zero-order valence-electron chi connectivity index (χ0n) is 11.9. The maximum absolute atomic E-state index is 12.5. The number of rotatable bonds is 10. The van der Waals surface area contributed by atoms with Gasteiger partial charge in [0.05, 0.1) is 26.4 Å². The second kappa shape index (κ2) is 11.4. The van der Waals surface area contributed by atoms with E-state index in [-0.39, 0.29) is 13.8 Å². The molecule has 0 fully saturated rings. The third kappa shape index (κ3) is 6.65. The van der Waals surface area contributed by atoms with E-state index in [4.69, 9.17) is 18.1 Å². The molecule has 0 aromatic rings. The monoisotopic (exact) mass is 297 g/mol. The molecule has 0 bridgehead atoms. The van der Waals surface area contributed by atoms with E-state index in [0.717, 1.165) is 0 Å². The topological polar surface area (TPSA) is 54.0 Å². The molecule has 0 amide bonds. The highest BCUT2D eigenvalue weighted by molar-refractivity contribution is 7.69. The highest BCUT2D eigenvalue weighted by Gasteiger charge is 2.39. The molecule has 0 rings (SSSR count). The minimum absolute atomic E-state index is 0. The van der Waals surface area contributed by atoms with Crippen molar-refractivity contribution in [3.63, 3.8) is 0 Å². The molecule has 1 atom stereocenters. The van der Waals surface area contributed by atoms with Gasteiger partial charge in [0.25, 0.3) is 0 Å². The van der Waals surface area contributed by atoms with Gasteiger partial charge in [-0.05, 0) is 34.6 Å². The van der Waals surface area contributed by atoms with Crippen molar-refractivity contribution in [3.8, 4) is 0 Å². The molecule has 5 nitrogen and oxygen atoms in total. The molecule has 18 heavy (non-hydrogen) atoms. The summed E-state index contributed by atoms with van der Waals surface area (Å²) >= 11 is 0. The summed E-state index contributed by atoms with van der Waals surface area (Å²) in [6.45, 7) is 10.9. The molecule has 0 aliphatic rings. The smallest absolute Gasteiger partial charge is 0.334 e. The lowest BCUT2D eigenvalue weighted by Gasteiger charge is -2.28. The molecule has 0 aliphatic heterocycles. The summed E-state index contributed by atoms with van der Waals surface area (Å²) < 4.78 is 34.1. The van der Waals surface area contributed by atoms with Gasteiger partial charge in [0, 0.05) is 8.41 Å². The van der Waals surface area contributed by atoms with E-state index in [9.17, 15) is 4.57 Å². The van der Waals surface area contributed by atoms with Crippen LogP contribution in [0.4, 0.5) is 0 Å². The fraction of sp³-hybridized carbons (Fsp3) is 1.00. The lowest BCUT2D eigenvalue weighted by Crippen LogP contribution is -2.11. The summed E-state index contributed by atoms with van der Waals surface area (Å²) in [6.07, 6.45) is 0. The first-order valence-electron chi connectivity index (χ1n) is 5.99. The summed E-state index contributed by atoms with van der Waals surface area (Å²) in [6, 6.07) is 0. The second-order valence-corrected chi connectivity index (χ2v) is 7.77. The summed E-state index contributed by atoms with van der Waals surface area (Å²) in [4.78, 5) is 0. The Kier molecular flexibility index (Phi) is 13.2. The van der Waals surface area contributed by atoms with Crippen molar-refractivity contribution in [1.82, 2.24) is 0 Å². The van der Waals surface area contributed by atoms with Gasteiger partial charge in [-0.3, -0.25) is 4.57 Å². The Hall–Kier alpha value is 0.565. The van der Waals surface area contributed by atoms with Crippen molar-refractivity contribution >= 4 is 24.4 Å². The lowest BCUT2D eigenvalue weighted by molar-refractivity contribution is 0.212. The Morgan fingerprint density at radius 3 is 1.61 bits per heavy atom. The van der Waals surface area contributed by atoms with E-state index in [0.29, 0.717) is 26.4 Å². The molecule has 0 heterocycles. The predicted molar refractivity (Wildman–Crippen MR) is 76.2 cm³/mol. The minimum Gasteiger partial charge on any atom is -0.334 e. The van der Waals surface area contributed by atoms with Crippen LogP contribution in [0.25, 0.3) is 0 Å². The van der Waals surface area contributed by atoms with Crippen molar-refractivity contribution in [1.29, 1.82) is 0 Å². The summed E-state index contributed by atoms with van der Waals surface area (Å²) in [5.74, 6) is 0. The molecular weight excluding hydrogens is 273 g/mol. The largest absolute Gasteiger partial charge is 0.342 e. The second-order valence-electron chi connectivity index (χ2n) is 3.13. The van der Waals surface area contributed by atoms with Crippen LogP contribution in [0.2, 0.25) is 0 Å². The van der Waals surface area contributed by atoms with E-state index >= 15 is 0 Å². The van der Waals surface area contributed by atoms with Crippen molar-refractivity contribution in [2.75, 3.05) is 26.4 Å². The molecular formula is C10H24BO5P2. The summed E-state index contributed by atoms with van der Waals surface area (Å²) in [5.41, 5.74) is 0. The van der Waals surface area contributed by atoms with E-state index in [1.807, 2.05) is 13.8 Å². The predicted octanol–water partition coefficient (Wildman–Crippen LogP) is 3.60. The van der Waals surface area contributed by atoms with Gasteiger partial charge in [-0.1, -0.05) is 0 Å². The fourth-order valence-electron chi connectivity index (χ4n) is 1.24. The van der Waals surface area contributed by atoms with Gasteiger partial charge < -0.3 is 18.1 Å². The van der Waals surface area contributed by atoms with Gasteiger partial charge in [0.1, 0.15) is 5.40 Å².